The number of ether oxygens (including phenoxy) is 1. The number of aryl methyl sites for hydroxylation is 1. The van der Waals surface area contributed by atoms with Crippen LogP contribution >= 0.6 is 0 Å². The van der Waals surface area contributed by atoms with Crippen LogP contribution in [0.1, 0.15) is 52.3 Å². The van der Waals surface area contributed by atoms with Crippen LogP contribution in [0.25, 0.3) is 11.6 Å². The average Bonchev–Trinajstić information content (AvgIpc) is 3.24. The van der Waals surface area contributed by atoms with Crippen LogP contribution in [0, 0.1) is 13.8 Å². The second kappa shape index (κ2) is 10.6. The van der Waals surface area contributed by atoms with Crippen molar-refractivity contribution >= 4 is 29.2 Å². The first-order valence-electron chi connectivity index (χ1n) is 11.2. The van der Waals surface area contributed by atoms with Crippen molar-refractivity contribution in [1.82, 2.24) is 15.2 Å². The molecule has 1 aliphatic heterocycles. The van der Waals surface area contributed by atoms with Crippen molar-refractivity contribution < 1.29 is 14.3 Å². The molecule has 32 heavy (non-hydrogen) atoms. The summed E-state index contributed by atoms with van der Waals surface area (Å²) in [5.41, 5.74) is 6.44. The molecule has 0 radical (unpaired) electrons. The SMILES string of the molecule is CCN(CC)CCNC(=O)c1c(C)[nH]c(/C=C2\C(=O)Nc3ccc(CCOC)cc32)c1C. The Bertz CT molecular complexity index is 1020. The Labute approximate surface area is 190 Å². The lowest BCUT2D eigenvalue weighted by molar-refractivity contribution is -0.110. The van der Waals surface area contributed by atoms with Crippen LogP contribution in [-0.4, -0.2) is 61.6 Å². The molecule has 2 heterocycles. The number of nitrogens with one attached hydrogen (secondary N) is 3. The van der Waals surface area contributed by atoms with Gasteiger partial charge in [-0.2, -0.15) is 0 Å². The summed E-state index contributed by atoms with van der Waals surface area (Å²) >= 11 is 0. The minimum absolute atomic E-state index is 0.0915. The highest BCUT2D eigenvalue weighted by Crippen LogP contribution is 2.34. The van der Waals surface area contributed by atoms with Crippen molar-refractivity contribution in [3.8, 4) is 0 Å². The van der Waals surface area contributed by atoms with E-state index in [1.54, 1.807) is 7.11 Å². The number of carbonyl (C=O) groups is 2. The van der Waals surface area contributed by atoms with Crippen LogP contribution in [0.15, 0.2) is 18.2 Å². The largest absolute Gasteiger partial charge is 0.384 e. The van der Waals surface area contributed by atoms with E-state index >= 15 is 0 Å². The molecule has 2 aromatic rings. The predicted octanol–water partition coefficient (Wildman–Crippen LogP) is 3.38. The number of amides is 2. The first kappa shape index (κ1) is 23.8. The van der Waals surface area contributed by atoms with Crippen molar-refractivity contribution in [3.63, 3.8) is 0 Å². The Balaban J connectivity index is 1.83. The number of aromatic amines is 1. The minimum Gasteiger partial charge on any atom is -0.384 e. The fraction of sp³-hybridized carbons (Fsp3) is 0.440. The van der Waals surface area contributed by atoms with Gasteiger partial charge in [0.2, 0.25) is 0 Å². The highest BCUT2D eigenvalue weighted by atomic mass is 16.5. The van der Waals surface area contributed by atoms with E-state index < -0.39 is 0 Å². The summed E-state index contributed by atoms with van der Waals surface area (Å²) in [6.45, 7) is 12.0. The summed E-state index contributed by atoms with van der Waals surface area (Å²) in [6.07, 6.45) is 2.62. The summed E-state index contributed by atoms with van der Waals surface area (Å²) in [6, 6.07) is 5.97. The third-order valence-corrected chi connectivity index (χ3v) is 6.06. The maximum absolute atomic E-state index is 12.8. The quantitative estimate of drug-likeness (QED) is 0.497. The molecule has 7 heteroatoms. The number of benzene rings is 1. The van der Waals surface area contributed by atoms with Crippen LogP contribution in [0.4, 0.5) is 5.69 Å². The van der Waals surface area contributed by atoms with Crippen LogP contribution in [-0.2, 0) is 16.0 Å². The molecule has 0 atom stereocenters. The number of H-pyrrole nitrogens is 1. The van der Waals surface area contributed by atoms with Gasteiger partial charge in [0.05, 0.1) is 17.7 Å². The van der Waals surface area contributed by atoms with Gasteiger partial charge in [-0.25, -0.2) is 0 Å². The van der Waals surface area contributed by atoms with Crippen molar-refractivity contribution in [2.24, 2.45) is 0 Å². The van der Waals surface area contributed by atoms with Crippen molar-refractivity contribution in [2.45, 2.75) is 34.1 Å². The molecule has 1 aromatic heterocycles. The number of carbonyl (C=O) groups excluding carboxylic acids is 2. The van der Waals surface area contributed by atoms with Crippen LogP contribution in [0.2, 0.25) is 0 Å². The lowest BCUT2D eigenvalue weighted by Crippen LogP contribution is -2.35. The highest BCUT2D eigenvalue weighted by Gasteiger charge is 2.26. The first-order valence-corrected chi connectivity index (χ1v) is 11.2. The van der Waals surface area contributed by atoms with Gasteiger partial charge in [-0.3, -0.25) is 9.59 Å². The molecular weight excluding hydrogens is 404 g/mol. The molecule has 0 unspecified atom stereocenters. The summed E-state index contributed by atoms with van der Waals surface area (Å²) in [5, 5.41) is 5.95. The molecule has 3 rings (SSSR count). The summed E-state index contributed by atoms with van der Waals surface area (Å²) in [4.78, 5) is 31.1. The van der Waals surface area contributed by atoms with E-state index in [9.17, 15) is 9.59 Å². The summed E-state index contributed by atoms with van der Waals surface area (Å²) in [5.74, 6) is -0.230. The third kappa shape index (κ3) is 5.11. The fourth-order valence-corrected chi connectivity index (χ4v) is 4.11. The third-order valence-electron chi connectivity index (χ3n) is 6.06. The molecule has 0 fully saturated rings. The molecule has 1 aliphatic rings. The van der Waals surface area contributed by atoms with Crippen LogP contribution in [0.5, 0.6) is 0 Å². The molecule has 1 aromatic carbocycles. The van der Waals surface area contributed by atoms with E-state index in [0.717, 1.165) is 59.8 Å². The second-order valence-corrected chi connectivity index (χ2v) is 8.08. The fourth-order valence-electron chi connectivity index (χ4n) is 4.11. The molecule has 0 saturated heterocycles. The Morgan fingerprint density at radius 2 is 1.97 bits per heavy atom. The van der Waals surface area contributed by atoms with Crippen molar-refractivity contribution in [1.29, 1.82) is 0 Å². The van der Waals surface area contributed by atoms with E-state index in [1.807, 2.05) is 38.1 Å². The number of hydrogen-bond acceptors (Lipinski definition) is 4. The van der Waals surface area contributed by atoms with Crippen LogP contribution < -0.4 is 10.6 Å². The van der Waals surface area contributed by atoms with Gasteiger partial charge >= 0.3 is 0 Å². The zero-order valence-corrected chi connectivity index (χ0v) is 19.7. The number of anilines is 1. The van der Waals surface area contributed by atoms with Gasteiger partial charge in [-0.1, -0.05) is 19.9 Å². The molecule has 7 nitrogen and oxygen atoms in total. The van der Waals surface area contributed by atoms with Gasteiger partial charge in [0.15, 0.2) is 0 Å². The van der Waals surface area contributed by atoms with Gasteiger partial charge in [0.25, 0.3) is 11.8 Å². The predicted molar refractivity (Wildman–Crippen MR) is 129 cm³/mol. The van der Waals surface area contributed by atoms with E-state index in [0.29, 0.717) is 24.3 Å². The number of rotatable bonds is 10. The molecule has 0 spiro atoms. The lowest BCUT2D eigenvalue weighted by atomic mass is 10.0. The molecule has 0 bridgehead atoms. The normalized spacial score (nSPS) is 14.2. The monoisotopic (exact) mass is 438 g/mol. The van der Waals surface area contributed by atoms with Crippen molar-refractivity contribution in [2.75, 3.05) is 45.2 Å². The number of nitrogens with zero attached hydrogens (tertiary/aromatic N) is 1. The Hall–Kier alpha value is -2.90. The molecular formula is C25H34N4O3. The van der Waals surface area contributed by atoms with Gasteiger partial charge in [-0.15, -0.1) is 0 Å². The maximum atomic E-state index is 12.8. The van der Waals surface area contributed by atoms with Gasteiger partial charge in [-0.05, 0) is 62.7 Å². The molecule has 172 valence electrons. The van der Waals surface area contributed by atoms with E-state index in [1.165, 1.54) is 0 Å². The summed E-state index contributed by atoms with van der Waals surface area (Å²) in [7, 11) is 1.68. The van der Waals surface area contributed by atoms with E-state index in [2.05, 4.69) is 34.4 Å². The lowest BCUT2D eigenvalue weighted by Gasteiger charge is -2.18. The topological polar surface area (TPSA) is 86.5 Å². The summed E-state index contributed by atoms with van der Waals surface area (Å²) < 4.78 is 5.17. The molecule has 3 N–H and O–H groups in total. The number of hydrogen-bond donors (Lipinski definition) is 3. The second-order valence-electron chi connectivity index (χ2n) is 8.08. The smallest absolute Gasteiger partial charge is 0.256 e. The minimum atomic E-state index is -0.138. The highest BCUT2D eigenvalue weighted by molar-refractivity contribution is 6.35. The van der Waals surface area contributed by atoms with Gasteiger partial charge in [0.1, 0.15) is 0 Å². The Kier molecular flexibility index (Phi) is 7.88. The maximum Gasteiger partial charge on any atom is 0.256 e. The van der Waals surface area contributed by atoms with E-state index in [-0.39, 0.29) is 11.8 Å². The number of aromatic nitrogens is 1. The number of fused-ring (bicyclic) bond motifs is 1. The average molecular weight is 439 g/mol. The zero-order valence-electron chi connectivity index (χ0n) is 19.7. The first-order chi connectivity index (χ1) is 15.4. The van der Waals surface area contributed by atoms with Crippen LogP contribution in [0.3, 0.4) is 0 Å². The number of likely N-dealkylation sites (N-methyl/N-ethyl adjacent to an activating group) is 1. The number of methoxy groups -OCH3 is 1. The molecule has 0 aliphatic carbocycles. The van der Waals surface area contributed by atoms with E-state index in [4.69, 9.17) is 4.74 Å². The standard InChI is InChI=1S/C25H34N4O3/c1-6-29(7-2)12-11-26-25(31)23-16(3)22(27-17(23)4)15-20-19-14-18(10-13-32-5)8-9-21(19)28-24(20)30/h8-9,14-15,27H,6-7,10-13H2,1-5H3,(H,26,31)(H,28,30)/b20-15-. The Morgan fingerprint density at radius 3 is 2.66 bits per heavy atom. The van der Waals surface area contributed by atoms with Gasteiger partial charge in [0, 0.05) is 42.8 Å². The van der Waals surface area contributed by atoms with Crippen molar-refractivity contribution in [3.05, 3.63) is 51.8 Å². The molecule has 2 amide bonds. The Morgan fingerprint density at radius 1 is 1.22 bits per heavy atom. The molecule has 0 saturated carbocycles. The zero-order chi connectivity index (χ0) is 23.3. The van der Waals surface area contributed by atoms with Gasteiger partial charge < -0.3 is 25.3 Å².